The van der Waals surface area contributed by atoms with Gasteiger partial charge in [0.25, 0.3) is 0 Å². The van der Waals surface area contributed by atoms with Crippen LogP contribution in [0.25, 0.3) is 11.4 Å². The predicted molar refractivity (Wildman–Crippen MR) is 108 cm³/mol. The molecule has 0 atom stereocenters. The smallest absolute Gasteiger partial charge is 0.224 e. The van der Waals surface area contributed by atoms with Crippen LogP contribution in [0.2, 0.25) is 0 Å². The van der Waals surface area contributed by atoms with Gasteiger partial charge in [0.2, 0.25) is 5.91 Å². The first-order valence-corrected chi connectivity index (χ1v) is 9.45. The van der Waals surface area contributed by atoms with Crippen molar-refractivity contribution in [3.63, 3.8) is 0 Å². The van der Waals surface area contributed by atoms with Gasteiger partial charge in [0, 0.05) is 62.8 Å². The maximum Gasteiger partial charge on any atom is 0.224 e. The minimum absolute atomic E-state index is 0.218. The van der Waals surface area contributed by atoms with Crippen molar-refractivity contribution >= 4 is 11.6 Å². The van der Waals surface area contributed by atoms with E-state index in [0.29, 0.717) is 13.0 Å². The molecule has 3 aromatic rings. The highest BCUT2D eigenvalue weighted by Gasteiger charge is 2.21. The molecule has 1 fully saturated rings. The second-order valence-corrected chi connectivity index (χ2v) is 6.76. The molecule has 2 aromatic carbocycles. The van der Waals surface area contributed by atoms with Crippen LogP contribution in [0.4, 0.5) is 5.69 Å². The molecule has 0 radical (unpaired) electrons. The van der Waals surface area contributed by atoms with Crippen LogP contribution in [0.5, 0.6) is 0 Å². The lowest BCUT2D eigenvalue weighted by Crippen LogP contribution is -2.48. The zero-order chi connectivity index (χ0) is 18.5. The molecule has 5 nitrogen and oxygen atoms in total. The van der Waals surface area contributed by atoms with Crippen molar-refractivity contribution in [1.29, 1.82) is 0 Å². The molecule has 1 saturated heterocycles. The fourth-order valence-corrected chi connectivity index (χ4v) is 3.56. The van der Waals surface area contributed by atoms with E-state index in [1.165, 1.54) is 5.69 Å². The Morgan fingerprint density at radius 2 is 1.56 bits per heavy atom. The van der Waals surface area contributed by atoms with Crippen LogP contribution in [-0.2, 0) is 11.3 Å². The quantitative estimate of drug-likeness (QED) is 0.701. The van der Waals surface area contributed by atoms with Gasteiger partial charge in [0.1, 0.15) is 5.82 Å². The van der Waals surface area contributed by atoms with Crippen molar-refractivity contribution in [1.82, 2.24) is 14.5 Å². The summed E-state index contributed by atoms with van der Waals surface area (Å²) in [5.41, 5.74) is 2.31. The molecule has 0 unspecified atom stereocenters. The molecule has 27 heavy (non-hydrogen) atoms. The van der Waals surface area contributed by atoms with Crippen LogP contribution in [0.3, 0.4) is 0 Å². The zero-order valence-corrected chi connectivity index (χ0v) is 15.4. The summed E-state index contributed by atoms with van der Waals surface area (Å²) >= 11 is 0. The molecule has 0 saturated carbocycles. The van der Waals surface area contributed by atoms with E-state index in [0.717, 1.165) is 37.6 Å². The first-order valence-electron chi connectivity index (χ1n) is 9.45. The largest absolute Gasteiger partial charge is 0.368 e. The third-order valence-corrected chi connectivity index (χ3v) is 5.07. The molecule has 1 amide bonds. The number of nitrogens with zero attached hydrogens (tertiary/aromatic N) is 4. The highest BCUT2D eigenvalue weighted by Crippen LogP contribution is 2.18. The molecule has 138 valence electrons. The van der Waals surface area contributed by atoms with Crippen molar-refractivity contribution in [2.24, 2.45) is 0 Å². The van der Waals surface area contributed by atoms with Crippen molar-refractivity contribution in [2.75, 3.05) is 31.1 Å². The Kier molecular flexibility index (Phi) is 5.19. The van der Waals surface area contributed by atoms with Gasteiger partial charge in [0.05, 0.1) is 0 Å². The third-order valence-electron chi connectivity index (χ3n) is 5.07. The van der Waals surface area contributed by atoms with Crippen molar-refractivity contribution in [3.05, 3.63) is 73.1 Å². The number of piperazine rings is 1. The Hall–Kier alpha value is -3.08. The van der Waals surface area contributed by atoms with E-state index in [4.69, 9.17) is 0 Å². The number of hydrogen-bond donors (Lipinski definition) is 0. The third kappa shape index (κ3) is 4.03. The molecular formula is C22H24N4O. The van der Waals surface area contributed by atoms with Crippen LogP contribution in [0.15, 0.2) is 73.1 Å². The monoisotopic (exact) mass is 360 g/mol. The lowest BCUT2D eigenvalue weighted by molar-refractivity contribution is -0.131. The van der Waals surface area contributed by atoms with Gasteiger partial charge in [-0.3, -0.25) is 4.79 Å². The van der Waals surface area contributed by atoms with Crippen LogP contribution in [0, 0.1) is 0 Å². The maximum atomic E-state index is 12.7. The molecule has 1 aromatic heterocycles. The maximum absolute atomic E-state index is 12.7. The van der Waals surface area contributed by atoms with E-state index in [2.05, 4.69) is 38.7 Å². The highest BCUT2D eigenvalue weighted by molar-refractivity contribution is 5.76. The van der Waals surface area contributed by atoms with E-state index in [1.807, 2.05) is 47.5 Å². The summed E-state index contributed by atoms with van der Waals surface area (Å²) in [6.07, 6.45) is 4.25. The van der Waals surface area contributed by atoms with Gasteiger partial charge in [-0.15, -0.1) is 0 Å². The van der Waals surface area contributed by atoms with Crippen LogP contribution < -0.4 is 4.90 Å². The number of aromatic nitrogens is 2. The molecular weight excluding hydrogens is 336 g/mol. The van der Waals surface area contributed by atoms with Crippen molar-refractivity contribution < 1.29 is 4.79 Å². The van der Waals surface area contributed by atoms with E-state index in [9.17, 15) is 4.79 Å². The number of para-hydroxylation sites is 1. The normalized spacial score (nSPS) is 14.4. The first kappa shape index (κ1) is 17.3. The number of hydrogen-bond acceptors (Lipinski definition) is 3. The average Bonchev–Trinajstić information content (AvgIpc) is 3.22. The molecule has 1 aliphatic rings. The van der Waals surface area contributed by atoms with Gasteiger partial charge in [-0.05, 0) is 12.1 Å². The summed E-state index contributed by atoms with van der Waals surface area (Å²) in [5, 5.41) is 0. The van der Waals surface area contributed by atoms with Crippen molar-refractivity contribution in [2.45, 2.75) is 13.0 Å². The topological polar surface area (TPSA) is 41.4 Å². The molecule has 0 spiro atoms. The Balaban J connectivity index is 1.32. The number of carbonyl (C=O) groups is 1. The van der Waals surface area contributed by atoms with E-state index in [1.54, 1.807) is 6.20 Å². The second kappa shape index (κ2) is 8.08. The standard InChI is InChI=1S/C22H24N4O/c27-21(25-17-15-24(16-18-25)20-9-5-2-6-10-20)11-13-26-14-12-23-22(26)19-7-3-1-4-8-19/h1-10,12,14H,11,13,15-18H2. The Morgan fingerprint density at radius 3 is 2.26 bits per heavy atom. The summed E-state index contributed by atoms with van der Waals surface area (Å²) in [7, 11) is 0. The van der Waals surface area contributed by atoms with E-state index < -0.39 is 0 Å². The Morgan fingerprint density at radius 1 is 0.889 bits per heavy atom. The van der Waals surface area contributed by atoms with Gasteiger partial charge < -0.3 is 14.4 Å². The Bertz CT molecular complexity index is 868. The fourth-order valence-electron chi connectivity index (χ4n) is 3.56. The van der Waals surface area contributed by atoms with Gasteiger partial charge in [-0.25, -0.2) is 4.98 Å². The number of amides is 1. The summed E-state index contributed by atoms with van der Waals surface area (Å²) in [5.74, 6) is 1.13. The minimum atomic E-state index is 0.218. The predicted octanol–water partition coefficient (Wildman–Crippen LogP) is 3.29. The van der Waals surface area contributed by atoms with Gasteiger partial charge in [-0.1, -0.05) is 48.5 Å². The summed E-state index contributed by atoms with van der Waals surface area (Å²) in [6.45, 7) is 3.99. The van der Waals surface area contributed by atoms with Crippen LogP contribution in [-0.4, -0.2) is 46.5 Å². The SMILES string of the molecule is O=C(CCn1ccnc1-c1ccccc1)N1CCN(c2ccccc2)CC1. The lowest BCUT2D eigenvalue weighted by Gasteiger charge is -2.36. The lowest BCUT2D eigenvalue weighted by atomic mass is 10.2. The van der Waals surface area contributed by atoms with E-state index >= 15 is 0 Å². The van der Waals surface area contributed by atoms with Gasteiger partial charge in [-0.2, -0.15) is 0 Å². The second-order valence-electron chi connectivity index (χ2n) is 6.76. The van der Waals surface area contributed by atoms with Gasteiger partial charge >= 0.3 is 0 Å². The average molecular weight is 360 g/mol. The fraction of sp³-hybridized carbons (Fsp3) is 0.273. The van der Waals surface area contributed by atoms with Gasteiger partial charge in [0.15, 0.2) is 0 Å². The molecule has 2 heterocycles. The number of aryl methyl sites for hydroxylation is 1. The highest BCUT2D eigenvalue weighted by atomic mass is 16.2. The van der Waals surface area contributed by atoms with E-state index in [-0.39, 0.29) is 5.91 Å². The number of benzene rings is 2. The number of imidazole rings is 1. The molecule has 5 heteroatoms. The number of rotatable bonds is 5. The molecule has 0 bridgehead atoms. The molecule has 4 rings (SSSR count). The number of carbonyl (C=O) groups excluding carboxylic acids is 1. The van der Waals surface area contributed by atoms with Crippen LogP contribution in [0.1, 0.15) is 6.42 Å². The Labute approximate surface area is 159 Å². The number of anilines is 1. The first-order chi connectivity index (χ1) is 13.3. The van der Waals surface area contributed by atoms with Crippen LogP contribution >= 0.6 is 0 Å². The molecule has 1 aliphatic heterocycles. The summed E-state index contributed by atoms with van der Waals surface area (Å²) < 4.78 is 2.06. The van der Waals surface area contributed by atoms with Crippen molar-refractivity contribution in [3.8, 4) is 11.4 Å². The molecule has 0 N–H and O–H groups in total. The molecule has 0 aliphatic carbocycles. The minimum Gasteiger partial charge on any atom is -0.368 e. The zero-order valence-electron chi connectivity index (χ0n) is 15.4. The summed E-state index contributed by atoms with van der Waals surface area (Å²) in [6, 6.07) is 20.5. The summed E-state index contributed by atoms with van der Waals surface area (Å²) in [4.78, 5) is 21.4.